The second-order valence-electron chi connectivity index (χ2n) is 4.30. The highest BCUT2D eigenvalue weighted by Crippen LogP contribution is 2.37. The molecule has 90 valence electrons. The van der Waals surface area contributed by atoms with Gasteiger partial charge in [0.1, 0.15) is 0 Å². The van der Waals surface area contributed by atoms with Gasteiger partial charge in [-0.3, -0.25) is 0 Å². The van der Waals surface area contributed by atoms with E-state index in [9.17, 15) is 0 Å². The number of methoxy groups -OCH3 is 1. The molecule has 0 radical (unpaired) electrons. The maximum Gasteiger partial charge on any atom is 0.0874 e. The highest BCUT2D eigenvalue weighted by Gasteiger charge is 2.27. The van der Waals surface area contributed by atoms with Crippen LogP contribution in [-0.4, -0.2) is 35.3 Å². The molecule has 1 saturated carbocycles. The Balaban J connectivity index is 2.15. The van der Waals surface area contributed by atoms with Gasteiger partial charge in [0.25, 0.3) is 0 Å². The lowest BCUT2D eigenvalue weighted by Crippen LogP contribution is -2.19. The summed E-state index contributed by atoms with van der Waals surface area (Å²) in [6.07, 6.45) is 4.68. The van der Waals surface area contributed by atoms with E-state index < -0.39 is 0 Å². The summed E-state index contributed by atoms with van der Waals surface area (Å²) in [5.41, 5.74) is 7.98. The Labute approximate surface area is 96.0 Å². The molecule has 0 aliphatic heterocycles. The number of nitrogens with zero attached hydrogens (tertiary/aromatic N) is 3. The molecule has 1 fully saturated rings. The normalized spacial score (nSPS) is 16.4. The molecule has 2 rings (SSSR count). The molecule has 0 bridgehead atoms. The third-order valence-corrected chi connectivity index (χ3v) is 3.23. The van der Waals surface area contributed by atoms with Crippen LogP contribution in [0.1, 0.15) is 36.6 Å². The number of rotatable bonds is 6. The first-order chi connectivity index (χ1) is 7.86. The van der Waals surface area contributed by atoms with Crippen LogP contribution in [0.2, 0.25) is 0 Å². The van der Waals surface area contributed by atoms with Crippen molar-refractivity contribution in [1.29, 1.82) is 0 Å². The van der Waals surface area contributed by atoms with Crippen LogP contribution < -0.4 is 5.73 Å². The summed E-state index contributed by atoms with van der Waals surface area (Å²) >= 11 is 0. The minimum Gasteiger partial charge on any atom is -0.383 e. The summed E-state index contributed by atoms with van der Waals surface area (Å²) in [4.78, 5) is 0. The van der Waals surface area contributed by atoms with E-state index in [-0.39, 0.29) is 0 Å². The van der Waals surface area contributed by atoms with Gasteiger partial charge in [0, 0.05) is 19.4 Å². The minimum absolute atomic E-state index is 0.642. The molecule has 0 amide bonds. The highest BCUT2D eigenvalue weighted by atomic mass is 16.5. The summed E-state index contributed by atoms with van der Waals surface area (Å²) in [5, 5.41) is 8.45. The van der Waals surface area contributed by atoms with Crippen LogP contribution in [0.25, 0.3) is 0 Å². The van der Waals surface area contributed by atoms with Crippen LogP contribution >= 0.6 is 0 Å². The van der Waals surface area contributed by atoms with Crippen molar-refractivity contribution in [3.63, 3.8) is 0 Å². The van der Waals surface area contributed by atoms with Gasteiger partial charge in [-0.1, -0.05) is 11.6 Å². The fraction of sp³-hybridized carbons (Fsp3) is 0.818. The smallest absolute Gasteiger partial charge is 0.0874 e. The van der Waals surface area contributed by atoms with E-state index in [1.165, 1.54) is 25.0 Å². The molecule has 0 atom stereocenters. The van der Waals surface area contributed by atoms with Gasteiger partial charge < -0.3 is 10.5 Å². The molecule has 0 aromatic carbocycles. The number of aromatic nitrogens is 3. The molecule has 1 aromatic rings. The van der Waals surface area contributed by atoms with E-state index in [0.29, 0.717) is 19.1 Å². The summed E-state index contributed by atoms with van der Waals surface area (Å²) in [6, 6.07) is 0. The maximum absolute atomic E-state index is 5.60. The van der Waals surface area contributed by atoms with Crippen molar-refractivity contribution in [3.05, 3.63) is 11.4 Å². The second-order valence-corrected chi connectivity index (χ2v) is 4.30. The van der Waals surface area contributed by atoms with Crippen molar-refractivity contribution >= 4 is 0 Å². The summed E-state index contributed by atoms with van der Waals surface area (Å²) in [7, 11) is 1.71. The molecule has 5 nitrogen and oxygen atoms in total. The van der Waals surface area contributed by atoms with E-state index in [0.717, 1.165) is 18.7 Å². The van der Waals surface area contributed by atoms with E-state index >= 15 is 0 Å². The molecule has 0 spiro atoms. The molecule has 0 saturated heterocycles. The Bertz CT molecular complexity index is 333. The number of hydrogen-bond donors (Lipinski definition) is 1. The van der Waals surface area contributed by atoms with Crippen LogP contribution in [0, 0.1) is 0 Å². The topological polar surface area (TPSA) is 66.0 Å². The lowest BCUT2D eigenvalue weighted by Gasteiger charge is -2.26. The van der Waals surface area contributed by atoms with E-state index in [1.807, 2.05) is 4.68 Å². The van der Waals surface area contributed by atoms with E-state index in [4.69, 9.17) is 10.5 Å². The van der Waals surface area contributed by atoms with Gasteiger partial charge in [0.15, 0.2) is 0 Å². The lowest BCUT2D eigenvalue weighted by atomic mass is 9.81. The fourth-order valence-corrected chi connectivity index (χ4v) is 2.14. The quantitative estimate of drug-likeness (QED) is 0.772. The van der Waals surface area contributed by atoms with Crippen LogP contribution in [0.5, 0.6) is 0 Å². The third kappa shape index (κ3) is 2.25. The van der Waals surface area contributed by atoms with Crippen molar-refractivity contribution in [1.82, 2.24) is 15.0 Å². The second kappa shape index (κ2) is 5.41. The molecule has 1 aromatic heterocycles. The van der Waals surface area contributed by atoms with E-state index in [2.05, 4.69) is 10.3 Å². The van der Waals surface area contributed by atoms with Crippen LogP contribution in [0.15, 0.2) is 0 Å². The monoisotopic (exact) mass is 224 g/mol. The van der Waals surface area contributed by atoms with Gasteiger partial charge in [-0.05, 0) is 19.4 Å². The van der Waals surface area contributed by atoms with Crippen LogP contribution in [0.3, 0.4) is 0 Å². The molecule has 1 heterocycles. The zero-order chi connectivity index (χ0) is 11.4. The summed E-state index contributed by atoms with van der Waals surface area (Å²) in [6.45, 7) is 2.12. The van der Waals surface area contributed by atoms with Crippen molar-refractivity contribution in [3.8, 4) is 0 Å². The molecule has 5 heteroatoms. The molecule has 1 aliphatic rings. The summed E-state index contributed by atoms with van der Waals surface area (Å²) < 4.78 is 7.09. The standard InChI is InChI=1S/C11H20N4O/c1-16-8-7-15-11(9-3-2-4-9)10(5-6-12)13-14-15/h9H,2-8,12H2,1H3. The average molecular weight is 224 g/mol. The third-order valence-electron chi connectivity index (χ3n) is 3.23. The Morgan fingerprint density at radius 1 is 1.50 bits per heavy atom. The Morgan fingerprint density at radius 2 is 2.31 bits per heavy atom. The minimum atomic E-state index is 0.642. The number of ether oxygens (including phenoxy) is 1. The molecule has 0 unspecified atom stereocenters. The van der Waals surface area contributed by atoms with Gasteiger partial charge >= 0.3 is 0 Å². The predicted molar refractivity (Wildman–Crippen MR) is 61.2 cm³/mol. The van der Waals surface area contributed by atoms with Gasteiger partial charge in [0.2, 0.25) is 0 Å². The predicted octanol–water partition coefficient (Wildman–Crippen LogP) is 0.693. The Morgan fingerprint density at radius 3 is 2.88 bits per heavy atom. The molecular formula is C11H20N4O. The zero-order valence-corrected chi connectivity index (χ0v) is 9.85. The van der Waals surface area contributed by atoms with Gasteiger partial charge in [-0.25, -0.2) is 4.68 Å². The largest absolute Gasteiger partial charge is 0.383 e. The van der Waals surface area contributed by atoms with Crippen LogP contribution in [-0.2, 0) is 17.7 Å². The van der Waals surface area contributed by atoms with Crippen molar-refractivity contribution < 1.29 is 4.74 Å². The number of hydrogen-bond acceptors (Lipinski definition) is 4. The van der Waals surface area contributed by atoms with Gasteiger partial charge in [-0.2, -0.15) is 0 Å². The highest BCUT2D eigenvalue weighted by molar-refractivity contribution is 5.18. The first kappa shape index (κ1) is 11.5. The molecule has 16 heavy (non-hydrogen) atoms. The lowest BCUT2D eigenvalue weighted by molar-refractivity contribution is 0.180. The van der Waals surface area contributed by atoms with Crippen molar-refractivity contribution in [2.75, 3.05) is 20.3 Å². The maximum atomic E-state index is 5.60. The Hall–Kier alpha value is -0.940. The first-order valence-corrected chi connectivity index (χ1v) is 5.98. The van der Waals surface area contributed by atoms with Crippen molar-refractivity contribution in [2.24, 2.45) is 5.73 Å². The summed E-state index contributed by atoms with van der Waals surface area (Å²) in [5.74, 6) is 0.647. The van der Waals surface area contributed by atoms with Crippen LogP contribution in [0.4, 0.5) is 0 Å². The first-order valence-electron chi connectivity index (χ1n) is 5.98. The Kier molecular flexibility index (Phi) is 3.90. The SMILES string of the molecule is COCCn1nnc(CCN)c1C1CCC1. The molecule has 2 N–H and O–H groups in total. The molecule has 1 aliphatic carbocycles. The van der Waals surface area contributed by atoms with E-state index in [1.54, 1.807) is 7.11 Å². The van der Waals surface area contributed by atoms with Crippen molar-refractivity contribution in [2.45, 2.75) is 38.1 Å². The average Bonchev–Trinajstić information content (AvgIpc) is 2.58. The van der Waals surface area contributed by atoms with Gasteiger partial charge in [0.05, 0.1) is 24.5 Å². The zero-order valence-electron chi connectivity index (χ0n) is 9.85. The molecular weight excluding hydrogens is 204 g/mol. The fourth-order valence-electron chi connectivity index (χ4n) is 2.14. The van der Waals surface area contributed by atoms with Gasteiger partial charge in [-0.15, -0.1) is 5.10 Å². The number of nitrogens with two attached hydrogens (primary N) is 1.